The number of nitrogens with zero attached hydrogens (tertiary/aromatic N) is 6. The highest BCUT2D eigenvalue weighted by atomic mass is 16.5. The molecule has 0 unspecified atom stereocenters. The first-order valence-electron chi connectivity index (χ1n) is 13.1. The molecule has 5 heterocycles. The molecule has 0 aliphatic carbocycles. The molecule has 2 fully saturated rings. The molecule has 0 spiro atoms. The van der Waals surface area contributed by atoms with E-state index >= 15 is 0 Å². The largest absolute Gasteiger partial charge is 0.461 e. The normalized spacial score (nSPS) is 16.9. The summed E-state index contributed by atoms with van der Waals surface area (Å²) in [5, 5.41) is 6.06. The Bertz CT molecular complexity index is 1230. The van der Waals surface area contributed by atoms with Gasteiger partial charge in [0.2, 0.25) is 0 Å². The van der Waals surface area contributed by atoms with Crippen LogP contribution in [0.4, 0.5) is 11.5 Å². The minimum Gasteiger partial charge on any atom is -0.461 e. The highest BCUT2D eigenvalue weighted by molar-refractivity contribution is 5.99. The molecular weight excluding hydrogens is 456 g/mol. The molecule has 0 N–H and O–H groups in total. The van der Waals surface area contributed by atoms with Gasteiger partial charge in [-0.2, -0.15) is 5.10 Å². The topological polar surface area (TPSA) is 85.6 Å². The second-order valence-electron chi connectivity index (χ2n) is 9.89. The highest BCUT2D eigenvalue weighted by Crippen LogP contribution is 2.36. The van der Waals surface area contributed by atoms with E-state index in [-0.39, 0.29) is 12.0 Å². The van der Waals surface area contributed by atoms with Gasteiger partial charge < -0.3 is 19.3 Å². The Morgan fingerprint density at radius 1 is 1.11 bits per heavy atom. The molecule has 0 amide bonds. The highest BCUT2D eigenvalue weighted by Gasteiger charge is 2.28. The van der Waals surface area contributed by atoms with Gasteiger partial charge in [-0.3, -0.25) is 0 Å². The van der Waals surface area contributed by atoms with Crippen molar-refractivity contribution in [3.8, 4) is 5.69 Å². The van der Waals surface area contributed by atoms with Gasteiger partial charge >= 0.3 is 5.97 Å². The Balaban J connectivity index is 1.68. The number of piperidine rings is 1. The van der Waals surface area contributed by atoms with Crippen LogP contribution in [-0.4, -0.2) is 71.7 Å². The molecular formula is C27H36N6O3. The molecule has 3 aromatic heterocycles. The summed E-state index contributed by atoms with van der Waals surface area (Å²) in [6, 6.07) is 5.91. The summed E-state index contributed by atoms with van der Waals surface area (Å²) in [4.78, 5) is 27.0. The van der Waals surface area contributed by atoms with Crippen molar-refractivity contribution in [1.82, 2.24) is 19.7 Å². The summed E-state index contributed by atoms with van der Waals surface area (Å²) >= 11 is 0. The number of anilines is 2. The molecule has 9 nitrogen and oxygen atoms in total. The van der Waals surface area contributed by atoms with E-state index in [0.717, 1.165) is 67.3 Å². The van der Waals surface area contributed by atoms with Crippen LogP contribution in [0.3, 0.4) is 0 Å². The number of carbonyl (C=O) groups is 1. The zero-order valence-electron chi connectivity index (χ0n) is 21.7. The first-order chi connectivity index (χ1) is 17.5. The molecule has 0 atom stereocenters. The fraction of sp³-hybridized carbons (Fsp3) is 0.556. The summed E-state index contributed by atoms with van der Waals surface area (Å²) in [5.74, 6) is 0.709. The Morgan fingerprint density at radius 3 is 2.53 bits per heavy atom. The van der Waals surface area contributed by atoms with Crippen LogP contribution in [0.5, 0.6) is 0 Å². The average molecular weight is 493 g/mol. The third kappa shape index (κ3) is 4.64. The minimum atomic E-state index is -0.418. The number of pyridine rings is 2. The number of fused-ring (bicyclic) bond motifs is 1. The van der Waals surface area contributed by atoms with E-state index in [1.54, 1.807) is 7.11 Å². The van der Waals surface area contributed by atoms with Gasteiger partial charge in [-0.25, -0.2) is 19.4 Å². The lowest BCUT2D eigenvalue weighted by Gasteiger charge is -2.33. The molecule has 36 heavy (non-hydrogen) atoms. The average Bonchev–Trinajstić information content (AvgIpc) is 3.57. The van der Waals surface area contributed by atoms with Crippen molar-refractivity contribution in [2.24, 2.45) is 0 Å². The van der Waals surface area contributed by atoms with Gasteiger partial charge in [0.25, 0.3) is 0 Å². The SMILES string of the molecule is CCOC(=O)c1cc(N2CCC(OC)CC2)c2c(C(C)C)nn(-c3ccnc(N4CCCC4)c3)c2n1. The third-order valence-corrected chi connectivity index (χ3v) is 7.20. The van der Waals surface area contributed by atoms with Crippen molar-refractivity contribution in [3.63, 3.8) is 0 Å². The number of carbonyl (C=O) groups excluding carboxylic acids is 1. The molecule has 0 bridgehead atoms. The van der Waals surface area contributed by atoms with Crippen LogP contribution in [0.15, 0.2) is 24.4 Å². The van der Waals surface area contributed by atoms with Crippen molar-refractivity contribution < 1.29 is 14.3 Å². The molecule has 192 valence electrons. The van der Waals surface area contributed by atoms with Crippen molar-refractivity contribution in [1.29, 1.82) is 0 Å². The quantitative estimate of drug-likeness (QED) is 0.451. The van der Waals surface area contributed by atoms with E-state index in [0.29, 0.717) is 17.9 Å². The second-order valence-corrected chi connectivity index (χ2v) is 9.89. The van der Waals surface area contributed by atoms with Crippen molar-refractivity contribution in [3.05, 3.63) is 35.8 Å². The molecule has 2 aliphatic rings. The van der Waals surface area contributed by atoms with Gasteiger partial charge in [0.1, 0.15) is 5.82 Å². The predicted octanol–water partition coefficient (Wildman–Crippen LogP) is 4.33. The molecule has 3 aromatic rings. The first kappa shape index (κ1) is 24.5. The van der Waals surface area contributed by atoms with Crippen molar-refractivity contribution in [2.45, 2.75) is 58.5 Å². The number of hydrogen-bond donors (Lipinski definition) is 0. The maximum Gasteiger partial charge on any atom is 0.357 e. The number of ether oxygens (including phenoxy) is 2. The van der Waals surface area contributed by atoms with Gasteiger partial charge in [0.15, 0.2) is 11.3 Å². The van der Waals surface area contributed by atoms with E-state index in [4.69, 9.17) is 19.6 Å². The fourth-order valence-electron chi connectivity index (χ4n) is 5.26. The number of rotatable bonds is 7. The smallest absolute Gasteiger partial charge is 0.357 e. The van der Waals surface area contributed by atoms with E-state index in [1.165, 1.54) is 12.8 Å². The number of hydrogen-bond acceptors (Lipinski definition) is 8. The monoisotopic (exact) mass is 492 g/mol. The van der Waals surface area contributed by atoms with Crippen LogP contribution in [0.2, 0.25) is 0 Å². The Kier molecular flexibility index (Phi) is 7.09. The number of methoxy groups -OCH3 is 1. The standard InChI is InChI=1S/C27H36N6O3/c1-5-36-27(34)21-17-22(31-14-9-20(35-4)10-15-31)24-25(18(2)3)30-33(26(24)29-21)19-8-11-28-23(16-19)32-12-6-7-13-32/h8,11,16-18,20H,5-7,9-10,12-15H2,1-4H3. The summed E-state index contributed by atoms with van der Waals surface area (Å²) in [6.07, 6.45) is 6.32. The Morgan fingerprint density at radius 2 is 1.86 bits per heavy atom. The molecule has 2 saturated heterocycles. The van der Waals surface area contributed by atoms with Crippen LogP contribution in [0.25, 0.3) is 16.7 Å². The van der Waals surface area contributed by atoms with Crippen LogP contribution in [-0.2, 0) is 9.47 Å². The van der Waals surface area contributed by atoms with Crippen LogP contribution >= 0.6 is 0 Å². The van der Waals surface area contributed by atoms with E-state index in [1.807, 2.05) is 29.9 Å². The lowest BCUT2D eigenvalue weighted by Crippen LogP contribution is -2.37. The van der Waals surface area contributed by atoms with Gasteiger partial charge in [-0.1, -0.05) is 13.8 Å². The van der Waals surface area contributed by atoms with Crippen LogP contribution in [0, 0.1) is 0 Å². The number of aromatic nitrogens is 4. The van der Waals surface area contributed by atoms with Gasteiger partial charge in [-0.15, -0.1) is 0 Å². The zero-order valence-corrected chi connectivity index (χ0v) is 21.7. The maximum atomic E-state index is 12.9. The molecule has 0 radical (unpaired) electrons. The molecule has 9 heteroatoms. The van der Waals surface area contributed by atoms with Crippen molar-refractivity contribution in [2.75, 3.05) is 49.7 Å². The predicted molar refractivity (Wildman–Crippen MR) is 140 cm³/mol. The van der Waals surface area contributed by atoms with E-state index in [2.05, 4.69) is 34.7 Å². The Labute approximate surface area is 212 Å². The summed E-state index contributed by atoms with van der Waals surface area (Å²) in [6.45, 7) is 10.1. The maximum absolute atomic E-state index is 12.9. The summed E-state index contributed by atoms with van der Waals surface area (Å²) in [7, 11) is 1.77. The van der Waals surface area contributed by atoms with E-state index in [9.17, 15) is 4.79 Å². The van der Waals surface area contributed by atoms with E-state index < -0.39 is 5.97 Å². The molecule has 0 aromatic carbocycles. The molecule has 0 saturated carbocycles. The van der Waals surface area contributed by atoms with Gasteiger partial charge in [0, 0.05) is 45.6 Å². The number of esters is 1. The van der Waals surface area contributed by atoms with Gasteiger partial charge in [-0.05, 0) is 50.7 Å². The molecule has 2 aliphatic heterocycles. The lowest BCUT2D eigenvalue weighted by atomic mass is 10.0. The second kappa shape index (κ2) is 10.4. The first-order valence-corrected chi connectivity index (χ1v) is 13.1. The van der Waals surface area contributed by atoms with Crippen molar-refractivity contribution >= 4 is 28.5 Å². The summed E-state index contributed by atoms with van der Waals surface area (Å²) < 4.78 is 12.8. The summed E-state index contributed by atoms with van der Waals surface area (Å²) in [5.41, 5.74) is 3.82. The van der Waals surface area contributed by atoms with Gasteiger partial charge in [0.05, 0.1) is 35.2 Å². The lowest BCUT2D eigenvalue weighted by molar-refractivity contribution is 0.0519. The fourth-order valence-corrected chi connectivity index (χ4v) is 5.26. The van der Waals surface area contributed by atoms with Crippen LogP contribution < -0.4 is 9.80 Å². The Hall–Kier alpha value is -3.20. The molecule has 5 rings (SSSR count). The van der Waals surface area contributed by atoms with Crippen LogP contribution in [0.1, 0.15) is 68.6 Å². The third-order valence-electron chi connectivity index (χ3n) is 7.20. The minimum absolute atomic E-state index is 0.180. The zero-order chi connectivity index (χ0) is 25.2.